The molecule has 0 aliphatic heterocycles. The van der Waals surface area contributed by atoms with Gasteiger partial charge in [-0.25, -0.2) is 0 Å². The van der Waals surface area contributed by atoms with E-state index >= 15 is 0 Å². The molecular weight excluding hydrogens is 228 g/mol. The zero-order chi connectivity index (χ0) is 13.4. The van der Waals surface area contributed by atoms with Crippen LogP contribution in [0.2, 0.25) is 0 Å². The van der Waals surface area contributed by atoms with E-state index in [1.165, 1.54) is 5.56 Å². The highest BCUT2D eigenvalue weighted by atomic mass is 16.5. The minimum atomic E-state index is 0.00172. The lowest BCUT2D eigenvalue weighted by Crippen LogP contribution is -2.36. The summed E-state index contributed by atoms with van der Waals surface area (Å²) >= 11 is 0. The molecule has 18 heavy (non-hydrogen) atoms. The molecule has 1 rings (SSSR count). The van der Waals surface area contributed by atoms with E-state index < -0.39 is 0 Å². The standard InChI is InChI=1S/C14H22N2O2/c1-11-6-4-5-7-13(11)12(2)16-14(17)10-15-8-9-18-3/h4-7,12,15H,8-10H2,1-3H3,(H,16,17). The van der Waals surface area contributed by atoms with Crippen LogP contribution < -0.4 is 10.6 Å². The Morgan fingerprint density at radius 2 is 2.11 bits per heavy atom. The predicted molar refractivity (Wildman–Crippen MR) is 72.5 cm³/mol. The van der Waals surface area contributed by atoms with Crippen molar-refractivity contribution in [1.82, 2.24) is 10.6 Å². The largest absolute Gasteiger partial charge is 0.383 e. The van der Waals surface area contributed by atoms with E-state index in [1.807, 2.05) is 25.1 Å². The highest BCUT2D eigenvalue weighted by Crippen LogP contribution is 2.16. The molecule has 1 aromatic rings. The summed E-state index contributed by atoms with van der Waals surface area (Å²) in [5.74, 6) is 0.00172. The van der Waals surface area contributed by atoms with Crippen molar-refractivity contribution in [2.75, 3.05) is 26.8 Å². The Labute approximate surface area is 109 Å². The lowest BCUT2D eigenvalue weighted by atomic mass is 10.0. The zero-order valence-corrected chi connectivity index (χ0v) is 11.3. The Morgan fingerprint density at radius 3 is 2.78 bits per heavy atom. The molecule has 4 nitrogen and oxygen atoms in total. The van der Waals surface area contributed by atoms with Crippen molar-refractivity contribution in [2.24, 2.45) is 0 Å². The summed E-state index contributed by atoms with van der Waals surface area (Å²) in [6, 6.07) is 8.11. The number of carbonyl (C=O) groups is 1. The van der Waals surface area contributed by atoms with Gasteiger partial charge < -0.3 is 15.4 Å². The first-order valence-electron chi connectivity index (χ1n) is 6.19. The van der Waals surface area contributed by atoms with Gasteiger partial charge in [-0.1, -0.05) is 24.3 Å². The summed E-state index contributed by atoms with van der Waals surface area (Å²) in [6.07, 6.45) is 0. The molecule has 2 N–H and O–H groups in total. The number of methoxy groups -OCH3 is 1. The molecule has 0 saturated carbocycles. The van der Waals surface area contributed by atoms with Crippen LogP contribution in [0, 0.1) is 6.92 Å². The van der Waals surface area contributed by atoms with E-state index in [1.54, 1.807) is 7.11 Å². The molecule has 0 aliphatic rings. The monoisotopic (exact) mass is 250 g/mol. The van der Waals surface area contributed by atoms with Crippen LogP contribution in [0.15, 0.2) is 24.3 Å². The van der Waals surface area contributed by atoms with Crippen molar-refractivity contribution < 1.29 is 9.53 Å². The van der Waals surface area contributed by atoms with Crippen LogP contribution in [0.4, 0.5) is 0 Å². The van der Waals surface area contributed by atoms with Gasteiger partial charge in [0.2, 0.25) is 5.91 Å². The maximum atomic E-state index is 11.7. The van der Waals surface area contributed by atoms with E-state index in [2.05, 4.69) is 23.6 Å². The number of carbonyl (C=O) groups excluding carboxylic acids is 1. The lowest BCUT2D eigenvalue weighted by Gasteiger charge is -2.16. The highest BCUT2D eigenvalue weighted by Gasteiger charge is 2.10. The summed E-state index contributed by atoms with van der Waals surface area (Å²) in [4.78, 5) is 11.7. The second kappa shape index (κ2) is 7.84. The first-order chi connectivity index (χ1) is 8.65. The van der Waals surface area contributed by atoms with Gasteiger partial charge in [-0.3, -0.25) is 4.79 Å². The SMILES string of the molecule is COCCNCC(=O)NC(C)c1ccccc1C. The van der Waals surface area contributed by atoms with Gasteiger partial charge >= 0.3 is 0 Å². The van der Waals surface area contributed by atoms with Crippen molar-refractivity contribution >= 4 is 5.91 Å². The molecule has 0 spiro atoms. The summed E-state index contributed by atoms with van der Waals surface area (Å²) in [5, 5.41) is 5.99. The molecule has 1 unspecified atom stereocenters. The summed E-state index contributed by atoms with van der Waals surface area (Å²) in [6.45, 7) is 5.66. The molecule has 4 heteroatoms. The molecule has 0 aromatic heterocycles. The molecule has 0 saturated heterocycles. The molecule has 1 aromatic carbocycles. The third-order valence-electron chi connectivity index (χ3n) is 2.80. The van der Waals surface area contributed by atoms with E-state index in [4.69, 9.17) is 4.74 Å². The van der Waals surface area contributed by atoms with Gasteiger partial charge in [0.15, 0.2) is 0 Å². The summed E-state index contributed by atoms with van der Waals surface area (Å²) in [7, 11) is 1.64. The number of aryl methyl sites for hydroxylation is 1. The van der Waals surface area contributed by atoms with Crippen LogP contribution in [-0.4, -0.2) is 32.7 Å². The summed E-state index contributed by atoms with van der Waals surface area (Å²) in [5.41, 5.74) is 2.35. The van der Waals surface area contributed by atoms with Crippen LogP contribution in [0.1, 0.15) is 24.1 Å². The number of hydrogen-bond acceptors (Lipinski definition) is 3. The fraction of sp³-hybridized carbons (Fsp3) is 0.500. The Kier molecular flexibility index (Phi) is 6.39. The number of hydrogen-bond donors (Lipinski definition) is 2. The third-order valence-corrected chi connectivity index (χ3v) is 2.80. The fourth-order valence-corrected chi connectivity index (χ4v) is 1.82. The average Bonchev–Trinajstić information content (AvgIpc) is 2.35. The number of benzene rings is 1. The fourth-order valence-electron chi connectivity index (χ4n) is 1.82. The van der Waals surface area contributed by atoms with Crippen LogP contribution in [0.3, 0.4) is 0 Å². The average molecular weight is 250 g/mol. The maximum absolute atomic E-state index is 11.7. The molecule has 0 radical (unpaired) electrons. The Bertz CT molecular complexity index is 380. The Morgan fingerprint density at radius 1 is 1.39 bits per heavy atom. The van der Waals surface area contributed by atoms with Crippen LogP contribution in [-0.2, 0) is 9.53 Å². The number of ether oxygens (including phenoxy) is 1. The maximum Gasteiger partial charge on any atom is 0.234 e. The zero-order valence-electron chi connectivity index (χ0n) is 11.3. The van der Waals surface area contributed by atoms with Gasteiger partial charge in [0, 0.05) is 13.7 Å². The smallest absolute Gasteiger partial charge is 0.234 e. The molecule has 0 bridgehead atoms. The number of amides is 1. The second-order valence-electron chi connectivity index (χ2n) is 4.32. The molecule has 0 heterocycles. The Balaban J connectivity index is 2.38. The van der Waals surface area contributed by atoms with Crippen molar-refractivity contribution in [3.05, 3.63) is 35.4 Å². The number of nitrogens with one attached hydrogen (secondary N) is 2. The van der Waals surface area contributed by atoms with Gasteiger partial charge in [0.1, 0.15) is 0 Å². The molecular formula is C14H22N2O2. The molecule has 1 atom stereocenters. The van der Waals surface area contributed by atoms with Gasteiger partial charge in [-0.15, -0.1) is 0 Å². The van der Waals surface area contributed by atoms with E-state index in [-0.39, 0.29) is 11.9 Å². The Hall–Kier alpha value is -1.39. The predicted octanol–water partition coefficient (Wildman–Crippen LogP) is 1.41. The summed E-state index contributed by atoms with van der Waals surface area (Å²) < 4.78 is 4.90. The van der Waals surface area contributed by atoms with E-state index in [0.29, 0.717) is 19.7 Å². The quantitative estimate of drug-likeness (QED) is 0.719. The highest BCUT2D eigenvalue weighted by molar-refractivity contribution is 5.78. The molecule has 1 amide bonds. The van der Waals surface area contributed by atoms with Crippen LogP contribution in [0.5, 0.6) is 0 Å². The van der Waals surface area contributed by atoms with Gasteiger partial charge in [0.25, 0.3) is 0 Å². The normalized spacial score (nSPS) is 12.2. The van der Waals surface area contributed by atoms with E-state index in [0.717, 1.165) is 5.56 Å². The third kappa shape index (κ3) is 4.85. The first-order valence-corrected chi connectivity index (χ1v) is 6.19. The van der Waals surface area contributed by atoms with Crippen LogP contribution >= 0.6 is 0 Å². The van der Waals surface area contributed by atoms with Crippen molar-refractivity contribution in [1.29, 1.82) is 0 Å². The van der Waals surface area contributed by atoms with Gasteiger partial charge in [0.05, 0.1) is 19.2 Å². The van der Waals surface area contributed by atoms with Crippen molar-refractivity contribution in [3.63, 3.8) is 0 Å². The van der Waals surface area contributed by atoms with Gasteiger partial charge in [-0.2, -0.15) is 0 Å². The van der Waals surface area contributed by atoms with E-state index in [9.17, 15) is 4.79 Å². The second-order valence-corrected chi connectivity index (χ2v) is 4.32. The molecule has 0 aliphatic carbocycles. The van der Waals surface area contributed by atoms with Crippen LogP contribution in [0.25, 0.3) is 0 Å². The topological polar surface area (TPSA) is 50.4 Å². The molecule has 0 fully saturated rings. The first kappa shape index (κ1) is 14.7. The van der Waals surface area contributed by atoms with Gasteiger partial charge in [-0.05, 0) is 25.0 Å². The molecule has 100 valence electrons. The van der Waals surface area contributed by atoms with Crippen molar-refractivity contribution in [2.45, 2.75) is 19.9 Å². The van der Waals surface area contributed by atoms with Crippen molar-refractivity contribution in [3.8, 4) is 0 Å². The number of rotatable bonds is 7. The minimum Gasteiger partial charge on any atom is -0.383 e. The lowest BCUT2D eigenvalue weighted by molar-refractivity contribution is -0.120. The minimum absolute atomic E-state index is 0.00172.